The molecular formula is C18H16N5O3S+. The van der Waals surface area contributed by atoms with E-state index in [1.165, 1.54) is 6.07 Å². The van der Waals surface area contributed by atoms with Gasteiger partial charge in [0.2, 0.25) is 5.91 Å². The minimum atomic E-state index is -0.255. The summed E-state index contributed by atoms with van der Waals surface area (Å²) in [5.41, 5.74) is 6.77. The van der Waals surface area contributed by atoms with Crippen molar-refractivity contribution in [3.8, 4) is 23.6 Å². The zero-order valence-corrected chi connectivity index (χ0v) is 15.1. The van der Waals surface area contributed by atoms with Crippen LogP contribution in [0.2, 0.25) is 0 Å². The number of benzene rings is 1. The second kappa shape index (κ2) is 8.30. The number of pyridine rings is 1. The monoisotopic (exact) mass is 382 g/mol. The van der Waals surface area contributed by atoms with E-state index in [1.807, 2.05) is 12.1 Å². The number of nitriles is 2. The number of nitrogens with one attached hydrogen (secondary N) is 2. The highest BCUT2D eigenvalue weighted by Gasteiger charge is 2.17. The van der Waals surface area contributed by atoms with Crippen LogP contribution in [0.25, 0.3) is 0 Å². The zero-order chi connectivity index (χ0) is 19.2. The van der Waals surface area contributed by atoms with Crippen LogP contribution in [0, 0.1) is 22.7 Å². The Hall–Kier alpha value is -3.43. The van der Waals surface area contributed by atoms with Crippen molar-refractivity contribution in [3.05, 3.63) is 35.4 Å². The molecule has 0 radical (unpaired) electrons. The molecule has 0 unspecified atom stereocenters. The smallest absolute Gasteiger partial charge is 0.289 e. The highest BCUT2D eigenvalue weighted by Crippen LogP contribution is 2.32. The molecule has 0 bridgehead atoms. The van der Waals surface area contributed by atoms with E-state index in [2.05, 4.69) is 10.3 Å². The molecule has 4 N–H and O–H groups in total. The molecule has 1 aliphatic heterocycles. The first kappa shape index (κ1) is 18.4. The van der Waals surface area contributed by atoms with Crippen LogP contribution >= 0.6 is 11.8 Å². The predicted octanol–water partition coefficient (Wildman–Crippen LogP) is 1.72. The molecule has 1 amide bonds. The number of anilines is 2. The van der Waals surface area contributed by atoms with Gasteiger partial charge in [0, 0.05) is 18.2 Å². The van der Waals surface area contributed by atoms with Crippen molar-refractivity contribution < 1.29 is 19.3 Å². The number of aromatic amines is 1. The minimum Gasteiger partial charge on any atom is -0.490 e. The summed E-state index contributed by atoms with van der Waals surface area (Å²) in [6, 6.07) is 10.5. The summed E-state index contributed by atoms with van der Waals surface area (Å²) >= 11 is 1.13. The highest BCUT2D eigenvalue weighted by molar-refractivity contribution is 7.99. The lowest BCUT2D eigenvalue weighted by atomic mass is 10.2. The Morgan fingerprint density at radius 3 is 2.67 bits per heavy atom. The number of fused-ring (bicyclic) bond motifs is 1. The molecule has 0 spiro atoms. The Morgan fingerprint density at radius 2 is 1.93 bits per heavy atom. The fourth-order valence-corrected chi connectivity index (χ4v) is 3.20. The molecule has 0 fully saturated rings. The number of nitrogens with zero attached hydrogens (tertiary/aromatic N) is 2. The van der Waals surface area contributed by atoms with Crippen LogP contribution in [-0.2, 0) is 4.79 Å². The van der Waals surface area contributed by atoms with E-state index < -0.39 is 0 Å². The van der Waals surface area contributed by atoms with E-state index in [9.17, 15) is 10.1 Å². The van der Waals surface area contributed by atoms with E-state index in [1.54, 1.807) is 18.2 Å². The van der Waals surface area contributed by atoms with Gasteiger partial charge in [-0.25, -0.2) is 4.98 Å². The second-order valence-corrected chi connectivity index (χ2v) is 6.60. The van der Waals surface area contributed by atoms with Crippen molar-refractivity contribution in [1.29, 1.82) is 10.5 Å². The molecule has 2 aromatic rings. The van der Waals surface area contributed by atoms with Crippen LogP contribution in [0.3, 0.4) is 0 Å². The highest BCUT2D eigenvalue weighted by atomic mass is 32.2. The maximum Gasteiger partial charge on any atom is 0.289 e. The summed E-state index contributed by atoms with van der Waals surface area (Å²) in [7, 11) is 0. The number of carbonyl (C=O) groups is 1. The number of H-pyrrole nitrogens is 1. The molecule has 0 saturated heterocycles. The van der Waals surface area contributed by atoms with Gasteiger partial charge in [0.05, 0.1) is 19.0 Å². The van der Waals surface area contributed by atoms with E-state index in [-0.39, 0.29) is 28.6 Å². The number of thioether (sulfide) groups is 1. The van der Waals surface area contributed by atoms with Crippen molar-refractivity contribution in [2.75, 3.05) is 30.0 Å². The Morgan fingerprint density at radius 1 is 1.19 bits per heavy atom. The molecule has 3 rings (SSSR count). The quantitative estimate of drug-likeness (QED) is 0.768. The van der Waals surface area contributed by atoms with Gasteiger partial charge in [0.25, 0.3) is 5.82 Å². The number of ether oxygens (including phenoxy) is 2. The molecule has 1 aromatic carbocycles. The normalized spacial score (nSPS) is 12.4. The summed E-state index contributed by atoms with van der Waals surface area (Å²) in [5, 5.41) is 21.4. The number of amides is 1. The molecule has 9 heteroatoms. The van der Waals surface area contributed by atoms with E-state index in [0.717, 1.165) is 18.2 Å². The second-order valence-electron chi connectivity index (χ2n) is 5.61. The fourth-order valence-electron chi connectivity index (χ4n) is 2.41. The molecule has 0 atom stereocenters. The number of carbonyl (C=O) groups excluding carboxylic acids is 1. The number of nitrogen functional groups attached to an aromatic ring is 1. The molecule has 0 saturated carbocycles. The van der Waals surface area contributed by atoms with E-state index in [4.69, 9.17) is 20.5 Å². The van der Waals surface area contributed by atoms with Crippen molar-refractivity contribution in [1.82, 2.24) is 0 Å². The molecule has 1 aliphatic rings. The largest absolute Gasteiger partial charge is 0.490 e. The third-order valence-electron chi connectivity index (χ3n) is 3.69. The standard InChI is InChI=1S/C18H15N5O3S/c19-8-11-6-12(9-20)18(23-17(11)21)27-10-16(24)22-13-2-3-14-15(7-13)26-5-1-4-25-14/h2-3,6-7H,1,4-5,10H2,(H2,21,23)(H,22,24)/p+1. The lowest BCUT2D eigenvalue weighted by molar-refractivity contribution is -0.410. The number of hydrogen-bond donors (Lipinski definition) is 2. The summed E-state index contributed by atoms with van der Waals surface area (Å²) in [4.78, 5) is 15.0. The lowest BCUT2D eigenvalue weighted by Crippen LogP contribution is -2.19. The van der Waals surface area contributed by atoms with Crippen LogP contribution in [0.4, 0.5) is 11.5 Å². The molecule has 27 heavy (non-hydrogen) atoms. The van der Waals surface area contributed by atoms with Gasteiger partial charge in [-0.15, -0.1) is 0 Å². The van der Waals surface area contributed by atoms with Gasteiger partial charge < -0.3 is 14.8 Å². The minimum absolute atomic E-state index is 0.0605. The maximum absolute atomic E-state index is 12.2. The van der Waals surface area contributed by atoms with Gasteiger partial charge >= 0.3 is 0 Å². The summed E-state index contributed by atoms with van der Waals surface area (Å²) in [6.07, 6.45) is 0.804. The van der Waals surface area contributed by atoms with Crippen LogP contribution in [0.5, 0.6) is 11.5 Å². The molecule has 8 nitrogen and oxygen atoms in total. The van der Waals surface area contributed by atoms with Gasteiger partial charge in [0.1, 0.15) is 23.3 Å². The Balaban J connectivity index is 1.66. The summed E-state index contributed by atoms with van der Waals surface area (Å²) in [6.45, 7) is 1.16. The van der Waals surface area contributed by atoms with Crippen LogP contribution < -0.4 is 25.5 Å². The number of nitrogens with two attached hydrogens (primary N) is 1. The average molecular weight is 382 g/mol. The first-order valence-electron chi connectivity index (χ1n) is 8.09. The maximum atomic E-state index is 12.2. The van der Waals surface area contributed by atoms with Crippen LogP contribution in [0.15, 0.2) is 29.3 Å². The van der Waals surface area contributed by atoms with Gasteiger partial charge in [-0.05, 0) is 18.2 Å². The lowest BCUT2D eigenvalue weighted by Gasteiger charge is -2.10. The molecule has 2 heterocycles. The summed E-state index contributed by atoms with van der Waals surface area (Å²) < 4.78 is 11.2. The van der Waals surface area contributed by atoms with Gasteiger partial charge in [-0.2, -0.15) is 10.5 Å². The van der Waals surface area contributed by atoms with Crippen molar-refractivity contribution in [2.24, 2.45) is 0 Å². The fraction of sp³-hybridized carbons (Fsp3) is 0.222. The molecule has 136 valence electrons. The number of aromatic nitrogens is 1. The third kappa shape index (κ3) is 4.40. The van der Waals surface area contributed by atoms with Gasteiger partial charge in [-0.1, -0.05) is 11.8 Å². The topological polar surface area (TPSA) is 135 Å². The Bertz CT molecular complexity index is 965. The van der Waals surface area contributed by atoms with E-state index >= 15 is 0 Å². The van der Waals surface area contributed by atoms with Crippen LogP contribution in [-0.4, -0.2) is 24.9 Å². The number of hydrogen-bond acceptors (Lipinski definition) is 7. The first-order valence-corrected chi connectivity index (χ1v) is 9.07. The summed E-state index contributed by atoms with van der Waals surface area (Å²) in [5.74, 6) is 1.21. The first-order chi connectivity index (χ1) is 13.1. The zero-order valence-electron chi connectivity index (χ0n) is 14.2. The van der Waals surface area contributed by atoms with Crippen molar-refractivity contribution in [2.45, 2.75) is 11.4 Å². The molecular weight excluding hydrogens is 366 g/mol. The van der Waals surface area contributed by atoms with Crippen molar-refractivity contribution >= 4 is 29.2 Å². The van der Waals surface area contributed by atoms with Gasteiger partial charge in [-0.3, -0.25) is 10.5 Å². The molecule has 0 aliphatic carbocycles. The van der Waals surface area contributed by atoms with E-state index in [0.29, 0.717) is 35.4 Å². The molecule has 1 aromatic heterocycles. The third-order valence-corrected chi connectivity index (χ3v) is 4.71. The SMILES string of the molecule is N#Cc1cc(C#N)c(SCC(=O)Nc2ccc3c(c2)OCCCO3)[nH+]c1N. The predicted molar refractivity (Wildman–Crippen MR) is 98.2 cm³/mol. The Labute approximate surface area is 159 Å². The van der Waals surface area contributed by atoms with Crippen molar-refractivity contribution in [3.63, 3.8) is 0 Å². The number of rotatable bonds is 4. The Kier molecular flexibility index (Phi) is 5.64. The average Bonchev–Trinajstić information content (AvgIpc) is 2.91. The van der Waals surface area contributed by atoms with Gasteiger partial charge in [0.15, 0.2) is 16.5 Å². The van der Waals surface area contributed by atoms with Crippen LogP contribution in [0.1, 0.15) is 17.5 Å².